The van der Waals surface area contributed by atoms with Crippen LogP contribution in [-0.2, 0) is 6.54 Å². The van der Waals surface area contributed by atoms with Crippen molar-refractivity contribution < 1.29 is 0 Å². The molecular weight excluding hydrogens is 350 g/mol. The number of anilines is 1. The number of hydrogen-bond donors (Lipinski definition) is 1. The lowest BCUT2D eigenvalue weighted by atomic mass is 10.1. The second-order valence-electron chi connectivity index (χ2n) is 6.02. The minimum Gasteiger partial charge on any atom is -0.371 e. The van der Waals surface area contributed by atoms with Gasteiger partial charge in [0.15, 0.2) is 0 Å². The van der Waals surface area contributed by atoms with Gasteiger partial charge in [-0.25, -0.2) is 0 Å². The molecular formula is C19H20BrN3. The molecule has 1 unspecified atom stereocenters. The van der Waals surface area contributed by atoms with Crippen LogP contribution in [0.4, 0.5) is 5.69 Å². The highest BCUT2D eigenvalue weighted by Crippen LogP contribution is 2.25. The topological polar surface area (TPSA) is 39.1 Å². The number of nitrogens with one attached hydrogen (secondary N) is 1. The van der Waals surface area contributed by atoms with Crippen LogP contribution in [0.2, 0.25) is 0 Å². The maximum absolute atomic E-state index is 8.81. The van der Waals surface area contributed by atoms with Crippen molar-refractivity contribution in [1.29, 1.82) is 5.26 Å². The highest BCUT2D eigenvalue weighted by Gasteiger charge is 2.22. The van der Waals surface area contributed by atoms with Crippen LogP contribution in [0.1, 0.15) is 17.5 Å². The van der Waals surface area contributed by atoms with Crippen molar-refractivity contribution in [2.75, 3.05) is 24.5 Å². The van der Waals surface area contributed by atoms with Gasteiger partial charge < -0.3 is 10.2 Å². The van der Waals surface area contributed by atoms with E-state index >= 15 is 0 Å². The van der Waals surface area contributed by atoms with E-state index in [1.165, 1.54) is 17.7 Å². The molecule has 0 amide bonds. The van der Waals surface area contributed by atoms with Crippen LogP contribution in [0.15, 0.2) is 53.0 Å². The molecule has 0 spiro atoms. The predicted molar refractivity (Wildman–Crippen MR) is 97.3 cm³/mol. The second-order valence-corrected chi connectivity index (χ2v) is 6.93. The molecule has 1 saturated heterocycles. The zero-order chi connectivity index (χ0) is 16.1. The largest absolute Gasteiger partial charge is 0.371 e. The maximum Gasteiger partial charge on any atom is 0.0991 e. The molecule has 118 valence electrons. The van der Waals surface area contributed by atoms with Crippen molar-refractivity contribution in [3.05, 3.63) is 64.1 Å². The second kappa shape index (κ2) is 7.63. The Labute approximate surface area is 146 Å². The molecule has 2 aromatic carbocycles. The van der Waals surface area contributed by atoms with Crippen LogP contribution in [-0.4, -0.2) is 19.6 Å². The van der Waals surface area contributed by atoms with Crippen LogP contribution < -0.4 is 10.2 Å². The van der Waals surface area contributed by atoms with Gasteiger partial charge in [-0.2, -0.15) is 5.26 Å². The third-order valence-corrected chi connectivity index (χ3v) is 4.85. The van der Waals surface area contributed by atoms with E-state index in [4.69, 9.17) is 5.26 Å². The maximum atomic E-state index is 8.81. The highest BCUT2D eigenvalue weighted by molar-refractivity contribution is 9.10. The summed E-state index contributed by atoms with van der Waals surface area (Å²) in [6.07, 6.45) is 1.23. The van der Waals surface area contributed by atoms with E-state index in [2.05, 4.69) is 56.5 Å². The Bertz CT molecular complexity index is 673. The first-order valence-corrected chi connectivity index (χ1v) is 8.74. The first kappa shape index (κ1) is 16.0. The van der Waals surface area contributed by atoms with Crippen LogP contribution in [0.5, 0.6) is 0 Å². The molecule has 0 aliphatic carbocycles. The van der Waals surface area contributed by atoms with Gasteiger partial charge in [0.2, 0.25) is 0 Å². The van der Waals surface area contributed by atoms with Gasteiger partial charge in [0.25, 0.3) is 0 Å². The normalized spacial score (nSPS) is 17.2. The summed E-state index contributed by atoms with van der Waals surface area (Å²) in [5.41, 5.74) is 3.25. The molecule has 23 heavy (non-hydrogen) atoms. The molecule has 0 aromatic heterocycles. The third kappa shape index (κ3) is 4.34. The van der Waals surface area contributed by atoms with Crippen LogP contribution in [0, 0.1) is 17.2 Å². The lowest BCUT2D eigenvalue weighted by molar-refractivity contribution is 0.516. The smallest absolute Gasteiger partial charge is 0.0991 e. The first-order chi connectivity index (χ1) is 11.2. The quantitative estimate of drug-likeness (QED) is 0.867. The number of nitrogens with zero attached hydrogens (tertiary/aromatic N) is 2. The predicted octanol–water partition coefficient (Wildman–Crippen LogP) is 3.94. The molecule has 1 atom stereocenters. The summed E-state index contributed by atoms with van der Waals surface area (Å²) in [4.78, 5) is 2.46. The molecule has 2 aromatic rings. The molecule has 4 heteroatoms. The van der Waals surface area contributed by atoms with Gasteiger partial charge in [-0.05, 0) is 54.3 Å². The summed E-state index contributed by atoms with van der Waals surface area (Å²) >= 11 is 3.48. The Kier molecular flexibility index (Phi) is 5.32. The van der Waals surface area contributed by atoms with Gasteiger partial charge >= 0.3 is 0 Å². The van der Waals surface area contributed by atoms with Gasteiger partial charge in [0.1, 0.15) is 0 Å². The van der Waals surface area contributed by atoms with Gasteiger partial charge in [0.05, 0.1) is 11.6 Å². The van der Waals surface area contributed by atoms with Crippen molar-refractivity contribution >= 4 is 21.6 Å². The van der Waals surface area contributed by atoms with Gasteiger partial charge in [-0.3, -0.25) is 0 Å². The van der Waals surface area contributed by atoms with E-state index in [1.807, 2.05) is 24.3 Å². The van der Waals surface area contributed by atoms with Crippen LogP contribution >= 0.6 is 15.9 Å². The Hall–Kier alpha value is -1.83. The molecule has 1 N–H and O–H groups in total. The minimum atomic E-state index is 0.692. The van der Waals surface area contributed by atoms with Gasteiger partial charge in [-0.1, -0.05) is 28.1 Å². The van der Waals surface area contributed by atoms with Crippen molar-refractivity contribution in [2.45, 2.75) is 13.0 Å². The molecule has 1 heterocycles. The molecule has 1 aliphatic rings. The summed E-state index contributed by atoms with van der Waals surface area (Å²) in [5.74, 6) is 0.692. The molecule has 0 bridgehead atoms. The number of nitriles is 1. The third-order valence-electron chi connectivity index (χ3n) is 4.32. The van der Waals surface area contributed by atoms with Crippen LogP contribution in [0.3, 0.4) is 0 Å². The average molecular weight is 370 g/mol. The lowest BCUT2D eigenvalue weighted by Gasteiger charge is -2.19. The summed E-state index contributed by atoms with van der Waals surface area (Å²) in [5, 5.41) is 12.4. The summed E-state index contributed by atoms with van der Waals surface area (Å²) < 4.78 is 1.13. The van der Waals surface area contributed by atoms with Gasteiger partial charge in [0, 0.05) is 36.3 Å². The summed E-state index contributed by atoms with van der Waals surface area (Å²) in [6, 6.07) is 18.5. The Morgan fingerprint density at radius 3 is 2.57 bits per heavy atom. The number of benzene rings is 2. The van der Waals surface area contributed by atoms with Crippen molar-refractivity contribution in [3.63, 3.8) is 0 Å². The molecule has 3 rings (SSSR count). The van der Waals surface area contributed by atoms with E-state index in [0.29, 0.717) is 5.92 Å². The Balaban J connectivity index is 1.45. The average Bonchev–Trinajstić information content (AvgIpc) is 3.05. The highest BCUT2D eigenvalue weighted by atomic mass is 79.9. The fraction of sp³-hybridized carbons (Fsp3) is 0.316. The standard InChI is InChI=1S/C19H20BrN3/c20-18-5-7-19(8-6-18)23-10-9-17(14-23)13-22-12-16-3-1-15(11-21)2-4-16/h1-8,17,22H,9-10,12-14H2. The number of hydrogen-bond acceptors (Lipinski definition) is 3. The zero-order valence-corrected chi connectivity index (χ0v) is 14.6. The van der Waals surface area contributed by atoms with E-state index in [0.717, 1.165) is 36.2 Å². The number of halogens is 1. The Morgan fingerprint density at radius 2 is 1.87 bits per heavy atom. The fourth-order valence-corrected chi connectivity index (χ4v) is 3.27. The van der Waals surface area contributed by atoms with E-state index < -0.39 is 0 Å². The first-order valence-electron chi connectivity index (χ1n) is 7.95. The number of rotatable bonds is 5. The fourth-order valence-electron chi connectivity index (χ4n) is 3.00. The summed E-state index contributed by atoms with van der Waals surface area (Å²) in [7, 11) is 0. The van der Waals surface area contributed by atoms with E-state index in [1.54, 1.807) is 0 Å². The van der Waals surface area contributed by atoms with Gasteiger partial charge in [-0.15, -0.1) is 0 Å². The Morgan fingerprint density at radius 1 is 1.13 bits per heavy atom. The SMILES string of the molecule is N#Cc1ccc(CNCC2CCN(c3ccc(Br)cc3)C2)cc1. The molecule has 1 aliphatic heterocycles. The van der Waals surface area contributed by atoms with Crippen molar-refractivity contribution in [3.8, 4) is 6.07 Å². The minimum absolute atomic E-state index is 0.692. The van der Waals surface area contributed by atoms with E-state index in [9.17, 15) is 0 Å². The molecule has 3 nitrogen and oxygen atoms in total. The zero-order valence-electron chi connectivity index (χ0n) is 13.0. The van der Waals surface area contributed by atoms with Crippen LogP contribution in [0.25, 0.3) is 0 Å². The molecule has 0 saturated carbocycles. The monoisotopic (exact) mass is 369 g/mol. The summed E-state index contributed by atoms with van der Waals surface area (Å²) in [6.45, 7) is 4.14. The van der Waals surface area contributed by atoms with E-state index in [-0.39, 0.29) is 0 Å². The molecule has 0 radical (unpaired) electrons. The van der Waals surface area contributed by atoms with Crippen molar-refractivity contribution in [2.24, 2.45) is 5.92 Å². The van der Waals surface area contributed by atoms with Crippen molar-refractivity contribution in [1.82, 2.24) is 5.32 Å². The molecule has 1 fully saturated rings. The lowest BCUT2D eigenvalue weighted by Crippen LogP contribution is -2.26.